The van der Waals surface area contributed by atoms with Crippen LogP contribution in [0.4, 0.5) is 22.0 Å². The van der Waals surface area contributed by atoms with E-state index in [2.05, 4.69) is 6.58 Å². The molecule has 3 unspecified atom stereocenters. The van der Waals surface area contributed by atoms with Crippen LogP contribution in [0.2, 0.25) is 0 Å². The minimum atomic E-state index is -4.30. The van der Waals surface area contributed by atoms with Crippen LogP contribution in [0.5, 0.6) is 0 Å². The molecule has 9 heteroatoms. The van der Waals surface area contributed by atoms with Gasteiger partial charge in [-0.05, 0) is 67.3 Å². The SMILES string of the molecule is C=C/C=C(\SC)C1=CC2=C3C(=C4C=C(c5cccs5)SC4(C)CC2(C)S1)C(F)(F)C(F)C3(F)F. The highest BCUT2D eigenvalue weighted by atomic mass is 32.2. The predicted molar refractivity (Wildman–Crippen MR) is 138 cm³/mol. The molecule has 0 spiro atoms. The molecule has 1 aromatic heterocycles. The van der Waals surface area contributed by atoms with Crippen LogP contribution in [-0.2, 0) is 0 Å². The van der Waals surface area contributed by atoms with E-state index in [-0.39, 0.29) is 11.1 Å². The summed E-state index contributed by atoms with van der Waals surface area (Å²) in [7, 11) is 0. The fraction of sp³-hybridized carbons (Fsp3) is 0.360. The zero-order chi connectivity index (χ0) is 24.7. The molecule has 1 saturated carbocycles. The van der Waals surface area contributed by atoms with Gasteiger partial charge in [-0.25, -0.2) is 4.39 Å². The Morgan fingerprint density at radius 3 is 2.24 bits per heavy atom. The maximum Gasteiger partial charge on any atom is 0.310 e. The topological polar surface area (TPSA) is 0 Å². The molecule has 3 atom stereocenters. The lowest BCUT2D eigenvalue weighted by atomic mass is 9.86. The zero-order valence-corrected chi connectivity index (χ0v) is 21.8. The molecule has 0 N–H and O–H groups in total. The number of hydrogen-bond donors (Lipinski definition) is 0. The predicted octanol–water partition coefficient (Wildman–Crippen LogP) is 9.04. The number of thiophene rings is 1. The molecule has 180 valence electrons. The summed E-state index contributed by atoms with van der Waals surface area (Å²) in [6, 6.07) is 3.73. The lowest BCUT2D eigenvalue weighted by molar-refractivity contribution is -0.114. The van der Waals surface area contributed by atoms with E-state index < -0.39 is 38.7 Å². The smallest absolute Gasteiger partial charge is 0.233 e. The van der Waals surface area contributed by atoms with E-state index in [0.717, 1.165) is 14.7 Å². The quantitative estimate of drug-likeness (QED) is 0.274. The normalized spacial score (nSPS) is 33.9. The van der Waals surface area contributed by atoms with E-state index in [4.69, 9.17) is 0 Å². The summed E-state index contributed by atoms with van der Waals surface area (Å²) in [6.07, 6.45) is 5.12. The third-order valence-electron chi connectivity index (χ3n) is 6.62. The standard InChI is InChI=1S/C25H21F5S4/c1-5-7-15(31-4)17-10-13-19-20(25(29,30)21(26)24(19,27)28)14-11-18(16-8-6-9-32-16)34-23(14,3)12-22(13,2)33-17/h5-11,21H,1,12H2,2-4H3/b15-7-. The molecule has 1 aromatic rings. The van der Waals surface area contributed by atoms with Crippen LogP contribution >= 0.6 is 46.6 Å². The fourth-order valence-electron chi connectivity index (χ4n) is 5.26. The van der Waals surface area contributed by atoms with Gasteiger partial charge in [0, 0.05) is 40.2 Å². The maximum atomic E-state index is 15.4. The third kappa shape index (κ3) is 3.33. The Hall–Kier alpha value is -1.16. The second-order valence-electron chi connectivity index (χ2n) is 8.99. The molecule has 0 aromatic carbocycles. The average molecular weight is 545 g/mol. The van der Waals surface area contributed by atoms with Gasteiger partial charge in [-0.15, -0.1) is 46.6 Å². The number of thioether (sulfide) groups is 3. The highest BCUT2D eigenvalue weighted by molar-refractivity contribution is 8.10. The Labute approximate surface area is 212 Å². The molecule has 2 aliphatic carbocycles. The van der Waals surface area contributed by atoms with E-state index in [1.165, 1.54) is 46.6 Å². The van der Waals surface area contributed by atoms with Crippen LogP contribution < -0.4 is 0 Å². The van der Waals surface area contributed by atoms with Crippen LogP contribution in [0.25, 0.3) is 4.91 Å². The molecule has 0 saturated heterocycles. The van der Waals surface area contributed by atoms with Gasteiger partial charge in [0.15, 0.2) is 0 Å². The van der Waals surface area contributed by atoms with Crippen molar-refractivity contribution in [1.82, 2.24) is 0 Å². The van der Waals surface area contributed by atoms with Crippen LogP contribution in [0, 0.1) is 0 Å². The Bertz CT molecular complexity index is 1230. The minimum Gasteiger partial charge on any atom is -0.233 e. The molecule has 3 heterocycles. The molecule has 0 amide bonds. The summed E-state index contributed by atoms with van der Waals surface area (Å²) < 4.78 is 74.7. The average Bonchev–Trinajstić information content (AvgIpc) is 3.48. The Balaban J connectivity index is 1.83. The van der Waals surface area contributed by atoms with Crippen LogP contribution in [0.3, 0.4) is 0 Å². The van der Waals surface area contributed by atoms with Crippen molar-refractivity contribution < 1.29 is 22.0 Å². The van der Waals surface area contributed by atoms with E-state index in [9.17, 15) is 4.39 Å². The number of rotatable bonds is 4. The van der Waals surface area contributed by atoms with Crippen molar-refractivity contribution in [1.29, 1.82) is 0 Å². The third-order valence-corrected chi connectivity index (χ3v) is 11.3. The molecular formula is C25H21F5S4. The van der Waals surface area contributed by atoms with Crippen molar-refractivity contribution >= 4 is 51.5 Å². The first kappa shape index (κ1) is 24.5. The Morgan fingerprint density at radius 2 is 1.68 bits per heavy atom. The Morgan fingerprint density at radius 1 is 1.06 bits per heavy atom. The molecule has 0 radical (unpaired) electrons. The lowest BCUT2D eigenvalue weighted by Crippen LogP contribution is -2.38. The maximum absolute atomic E-state index is 15.4. The summed E-state index contributed by atoms with van der Waals surface area (Å²) in [6.45, 7) is 7.34. The van der Waals surface area contributed by atoms with E-state index >= 15 is 17.6 Å². The van der Waals surface area contributed by atoms with Gasteiger partial charge in [0.2, 0.25) is 6.17 Å². The van der Waals surface area contributed by atoms with Gasteiger partial charge in [-0.1, -0.05) is 18.7 Å². The van der Waals surface area contributed by atoms with Gasteiger partial charge >= 0.3 is 11.8 Å². The summed E-state index contributed by atoms with van der Waals surface area (Å²) in [5, 5.41) is 1.88. The highest BCUT2D eigenvalue weighted by Gasteiger charge is 2.72. The summed E-state index contributed by atoms with van der Waals surface area (Å²) >= 11 is 5.68. The molecule has 4 aliphatic rings. The fourth-order valence-corrected chi connectivity index (χ4v) is 10.1. The van der Waals surface area contributed by atoms with Crippen LogP contribution in [-0.4, -0.2) is 33.8 Å². The van der Waals surface area contributed by atoms with Crippen molar-refractivity contribution in [3.8, 4) is 0 Å². The largest absolute Gasteiger partial charge is 0.310 e. The van der Waals surface area contributed by atoms with Gasteiger partial charge in [-0.2, -0.15) is 17.6 Å². The first-order valence-corrected chi connectivity index (χ1v) is 14.3. The summed E-state index contributed by atoms with van der Waals surface area (Å²) in [5.41, 5.74) is -1.45. The van der Waals surface area contributed by atoms with Gasteiger partial charge in [0.05, 0.1) is 0 Å². The highest BCUT2D eigenvalue weighted by Crippen LogP contribution is 2.69. The lowest BCUT2D eigenvalue weighted by Gasteiger charge is -2.35. The minimum absolute atomic E-state index is 0.103. The van der Waals surface area contributed by atoms with Gasteiger partial charge in [0.1, 0.15) is 0 Å². The molecule has 1 fully saturated rings. The number of allylic oxidation sites excluding steroid dienone is 6. The van der Waals surface area contributed by atoms with Crippen LogP contribution in [0.1, 0.15) is 25.1 Å². The first-order chi connectivity index (χ1) is 15.9. The first-order valence-electron chi connectivity index (χ1n) is 10.5. The summed E-state index contributed by atoms with van der Waals surface area (Å²) in [5.74, 6) is -8.60. The molecule has 34 heavy (non-hydrogen) atoms. The van der Waals surface area contributed by atoms with Crippen molar-refractivity contribution in [2.45, 2.75) is 47.8 Å². The number of hydrogen-bond acceptors (Lipinski definition) is 4. The number of fused-ring (bicyclic) bond motifs is 3. The van der Waals surface area contributed by atoms with Crippen molar-refractivity contribution in [2.75, 3.05) is 6.26 Å². The van der Waals surface area contributed by atoms with Crippen molar-refractivity contribution in [2.24, 2.45) is 0 Å². The van der Waals surface area contributed by atoms with Gasteiger partial charge < -0.3 is 0 Å². The molecule has 2 aliphatic heterocycles. The van der Waals surface area contributed by atoms with E-state index in [1.54, 1.807) is 24.3 Å². The monoisotopic (exact) mass is 544 g/mol. The second kappa shape index (κ2) is 7.92. The molecule has 0 bridgehead atoms. The van der Waals surface area contributed by atoms with E-state index in [1.807, 2.05) is 37.6 Å². The van der Waals surface area contributed by atoms with Crippen LogP contribution in [0.15, 0.2) is 80.5 Å². The second-order valence-corrected chi connectivity index (χ2v) is 13.9. The summed E-state index contributed by atoms with van der Waals surface area (Å²) in [4.78, 5) is 3.14. The number of halogens is 5. The Kier molecular flexibility index (Phi) is 5.71. The van der Waals surface area contributed by atoms with Crippen molar-refractivity contribution in [3.05, 3.63) is 85.4 Å². The number of alkyl halides is 5. The van der Waals surface area contributed by atoms with Gasteiger partial charge in [-0.3, -0.25) is 0 Å². The van der Waals surface area contributed by atoms with Gasteiger partial charge in [0.25, 0.3) is 0 Å². The van der Waals surface area contributed by atoms with E-state index in [0.29, 0.717) is 11.3 Å². The molecule has 0 nitrogen and oxygen atoms in total. The zero-order valence-electron chi connectivity index (χ0n) is 18.6. The molecular weight excluding hydrogens is 524 g/mol. The van der Waals surface area contributed by atoms with Crippen molar-refractivity contribution in [3.63, 3.8) is 0 Å². The molecule has 5 rings (SSSR count).